The zero-order valence-corrected chi connectivity index (χ0v) is 16.9. The van der Waals surface area contributed by atoms with E-state index in [0.717, 1.165) is 11.1 Å². The summed E-state index contributed by atoms with van der Waals surface area (Å²) in [7, 11) is 0. The van der Waals surface area contributed by atoms with Gasteiger partial charge in [-0.2, -0.15) is 0 Å². The fourth-order valence-electron chi connectivity index (χ4n) is 3.26. The molecule has 1 atom stereocenters. The largest absolute Gasteiger partial charge is 0.508 e. The van der Waals surface area contributed by atoms with Crippen molar-refractivity contribution in [2.45, 2.75) is 12.8 Å². The number of halogens is 2. The van der Waals surface area contributed by atoms with E-state index in [4.69, 9.17) is 39.5 Å². The Bertz CT molecular complexity index is 1010. The normalized spacial score (nSPS) is 18.4. The Balaban J connectivity index is 1.90. The summed E-state index contributed by atoms with van der Waals surface area (Å²) in [5.41, 5.74) is 1.55. The minimum Gasteiger partial charge on any atom is -0.508 e. The molecule has 0 heterocycles. The second-order valence-corrected chi connectivity index (χ2v) is 7.58. The molecule has 0 aliphatic heterocycles. The van der Waals surface area contributed by atoms with Crippen LogP contribution < -0.4 is 4.74 Å². The number of carboxylic acid groups (broad SMARTS) is 1. The van der Waals surface area contributed by atoms with Crippen LogP contribution in [0.5, 0.6) is 5.75 Å². The summed E-state index contributed by atoms with van der Waals surface area (Å²) in [6.07, 6.45) is 10.1. The van der Waals surface area contributed by atoms with E-state index in [2.05, 4.69) is 5.92 Å². The van der Waals surface area contributed by atoms with Crippen molar-refractivity contribution in [2.75, 3.05) is 6.61 Å². The quantitative estimate of drug-likeness (QED) is 0.591. The fourth-order valence-corrected chi connectivity index (χ4v) is 3.86. The Kier molecular flexibility index (Phi) is 6.22. The molecule has 0 amide bonds. The van der Waals surface area contributed by atoms with Gasteiger partial charge in [0.2, 0.25) is 0 Å². The molecule has 148 valence electrons. The summed E-state index contributed by atoms with van der Waals surface area (Å²) in [5.74, 6) is 2.18. The van der Waals surface area contributed by atoms with Gasteiger partial charge in [0.15, 0.2) is 6.61 Å². The molecule has 1 aliphatic rings. The monoisotopic (exact) mass is 428 g/mol. The third-order valence-corrected chi connectivity index (χ3v) is 5.41. The van der Waals surface area contributed by atoms with Crippen LogP contribution in [-0.4, -0.2) is 22.8 Å². The van der Waals surface area contributed by atoms with E-state index < -0.39 is 18.0 Å². The molecule has 3 rings (SSSR count). The Morgan fingerprint density at radius 2 is 1.86 bits per heavy atom. The third-order valence-electron chi connectivity index (χ3n) is 4.74. The zero-order valence-electron chi connectivity index (χ0n) is 15.4. The number of rotatable bonds is 6. The minimum absolute atomic E-state index is 0.177. The van der Waals surface area contributed by atoms with Gasteiger partial charge >= 0.3 is 5.97 Å². The van der Waals surface area contributed by atoms with Crippen LogP contribution in [-0.2, 0) is 11.2 Å². The molecule has 0 radical (unpaired) electrons. The Morgan fingerprint density at radius 1 is 1.21 bits per heavy atom. The lowest BCUT2D eigenvalue weighted by Gasteiger charge is -2.30. The maximum atomic E-state index is 10.7. The number of terminal acetylenes is 1. The summed E-state index contributed by atoms with van der Waals surface area (Å²) in [6, 6.07) is 12.6. The van der Waals surface area contributed by atoms with Gasteiger partial charge in [-0.3, -0.25) is 0 Å². The maximum Gasteiger partial charge on any atom is 0.341 e. The number of carbonyl (C=O) groups is 1. The number of carboxylic acids is 1. The molecular weight excluding hydrogens is 411 g/mol. The van der Waals surface area contributed by atoms with Gasteiger partial charge in [0.05, 0.1) is 5.41 Å². The Hall–Kier alpha value is -2.87. The topological polar surface area (TPSA) is 66.8 Å². The average Bonchev–Trinajstić information content (AvgIpc) is 2.71. The van der Waals surface area contributed by atoms with E-state index in [0.29, 0.717) is 28.5 Å². The molecular formula is C23H18Cl2O4. The van der Waals surface area contributed by atoms with Crippen LogP contribution in [0.3, 0.4) is 0 Å². The first kappa shape index (κ1) is 20.9. The third kappa shape index (κ3) is 4.76. The van der Waals surface area contributed by atoms with Crippen LogP contribution in [0, 0.1) is 17.8 Å². The summed E-state index contributed by atoms with van der Waals surface area (Å²) in [5, 5.41) is 19.8. The molecule has 1 aliphatic carbocycles. The number of ether oxygens (including phenoxy) is 1. The van der Waals surface area contributed by atoms with Gasteiger partial charge < -0.3 is 14.9 Å². The second kappa shape index (κ2) is 8.65. The smallest absolute Gasteiger partial charge is 0.341 e. The first-order valence-corrected chi connectivity index (χ1v) is 9.56. The molecule has 6 heteroatoms. The molecule has 0 bridgehead atoms. The summed E-state index contributed by atoms with van der Waals surface area (Å²) >= 11 is 12.8. The standard InChI is InChI=1S/C23H18Cl2O4/c1-2-23(9-8-21(26)17(12-23)15-6-4-3-5-7-15)13-18-19(24)10-16(11-20(18)25)29-14-22(27)28/h1,3-11,26H,12-14H2,(H,27,28). The lowest BCUT2D eigenvalue weighted by molar-refractivity contribution is -0.139. The van der Waals surface area contributed by atoms with Gasteiger partial charge in [-0.25, -0.2) is 4.79 Å². The van der Waals surface area contributed by atoms with Gasteiger partial charge in [-0.05, 0) is 42.2 Å². The average molecular weight is 429 g/mol. The molecule has 2 aromatic carbocycles. The van der Waals surface area contributed by atoms with Gasteiger partial charge in [0.1, 0.15) is 11.5 Å². The lowest BCUT2D eigenvalue weighted by atomic mass is 9.73. The minimum atomic E-state index is -1.10. The summed E-state index contributed by atoms with van der Waals surface area (Å²) in [4.78, 5) is 10.7. The second-order valence-electron chi connectivity index (χ2n) is 6.77. The van der Waals surface area contributed by atoms with Gasteiger partial charge in [0, 0.05) is 15.6 Å². The molecule has 4 nitrogen and oxygen atoms in total. The molecule has 0 saturated carbocycles. The van der Waals surface area contributed by atoms with Gasteiger partial charge in [-0.1, -0.05) is 65.5 Å². The Labute approximate surface area is 179 Å². The molecule has 0 spiro atoms. The molecule has 29 heavy (non-hydrogen) atoms. The van der Waals surface area contributed by atoms with E-state index in [9.17, 15) is 9.90 Å². The maximum absolute atomic E-state index is 10.7. The number of aliphatic hydroxyl groups excluding tert-OH is 1. The number of benzene rings is 2. The number of aliphatic hydroxyl groups is 1. The van der Waals surface area contributed by atoms with Crippen molar-refractivity contribution in [3.63, 3.8) is 0 Å². The zero-order chi connectivity index (χ0) is 21.0. The fraction of sp³-hybridized carbons (Fsp3) is 0.174. The van der Waals surface area contributed by atoms with Crippen LogP contribution in [0.4, 0.5) is 0 Å². The van der Waals surface area contributed by atoms with E-state index in [1.165, 1.54) is 12.1 Å². The molecule has 2 aromatic rings. The number of allylic oxidation sites excluding steroid dienone is 3. The number of aliphatic carboxylic acids is 1. The van der Waals surface area contributed by atoms with E-state index in [1.54, 1.807) is 12.2 Å². The summed E-state index contributed by atoms with van der Waals surface area (Å²) < 4.78 is 5.15. The van der Waals surface area contributed by atoms with Crippen LogP contribution >= 0.6 is 23.2 Å². The summed E-state index contributed by atoms with van der Waals surface area (Å²) in [6.45, 7) is -0.493. The van der Waals surface area contributed by atoms with Crippen molar-refractivity contribution in [1.82, 2.24) is 0 Å². The SMILES string of the molecule is C#CC1(Cc2c(Cl)cc(OCC(=O)O)cc2Cl)C=CC(O)=C(c2ccccc2)C1. The van der Waals surface area contributed by atoms with Crippen molar-refractivity contribution in [3.05, 3.63) is 81.5 Å². The predicted molar refractivity (Wildman–Crippen MR) is 114 cm³/mol. The molecule has 1 unspecified atom stereocenters. The van der Waals surface area contributed by atoms with Crippen molar-refractivity contribution in [2.24, 2.45) is 5.41 Å². The van der Waals surface area contributed by atoms with Crippen LogP contribution in [0.25, 0.3) is 5.57 Å². The van der Waals surface area contributed by atoms with E-state index in [-0.39, 0.29) is 11.5 Å². The van der Waals surface area contributed by atoms with E-state index >= 15 is 0 Å². The lowest BCUT2D eigenvalue weighted by Crippen LogP contribution is -2.23. The molecule has 0 fully saturated rings. The van der Waals surface area contributed by atoms with Gasteiger partial charge in [0.25, 0.3) is 0 Å². The van der Waals surface area contributed by atoms with Crippen molar-refractivity contribution < 1.29 is 19.7 Å². The highest BCUT2D eigenvalue weighted by Gasteiger charge is 2.33. The highest BCUT2D eigenvalue weighted by atomic mass is 35.5. The van der Waals surface area contributed by atoms with Crippen LogP contribution in [0.1, 0.15) is 17.5 Å². The molecule has 0 aromatic heterocycles. The van der Waals surface area contributed by atoms with E-state index in [1.807, 2.05) is 30.3 Å². The Morgan fingerprint density at radius 3 is 2.45 bits per heavy atom. The van der Waals surface area contributed by atoms with Crippen LogP contribution in [0.2, 0.25) is 10.0 Å². The van der Waals surface area contributed by atoms with Crippen molar-refractivity contribution in [3.8, 4) is 18.1 Å². The highest BCUT2D eigenvalue weighted by Crippen LogP contribution is 2.43. The first-order chi connectivity index (χ1) is 13.8. The van der Waals surface area contributed by atoms with Crippen molar-refractivity contribution in [1.29, 1.82) is 0 Å². The molecule has 2 N–H and O–H groups in total. The van der Waals surface area contributed by atoms with Crippen LogP contribution in [0.15, 0.2) is 60.4 Å². The predicted octanol–water partition coefficient (Wildman–Crippen LogP) is 5.55. The number of hydrogen-bond donors (Lipinski definition) is 2. The van der Waals surface area contributed by atoms with Gasteiger partial charge in [-0.15, -0.1) is 6.42 Å². The first-order valence-electron chi connectivity index (χ1n) is 8.80. The highest BCUT2D eigenvalue weighted by molar-refractivity contribution is 6.36. The molecule has 0 saturated heterocycles. The van der Waals surface area contributed by atoms with Crippen molar-refractivity contribution >= 4 is 34.7 Å². The number of hydrogen-bond acceptors (Lipinski definition) is 3.